The summed E-state index contributed by atoms with van der Waals surface area (Å²) in [5.41, 5.74) is 5.54. The molecule has 2 aromatic carbocycles. The molecule has 5 nitrogen and oxygen atoms in total. The Morgan fingerprint density at radius 3 is 2.37 bits per heavy atom. The van der Waals surface area contributed by atoms with Crippen molar-refractivity contribution in [2.45, 2.75) is 20.8 Å². The number of ether oxygens (including phenoxy) is 1. The highest BCUT2D eigenvalue weighted by Gasteiger charge is 2.14. The number of benzene rings is 2. The topological polar surface area (TPSA) is 64.1 Å². The van der Waals surface area contributed by atoms with E-state index < -0.39 is 0 Å². The molecule has 0 saturated carbocycles. The van der Waals surface area contributed by atoms with Gasteiger partial charge in [-0.05, 0) is 68.3 Å². The lowest BCUT2D eigenvalue weighted by atomic mass is 10.0. The van der Waals surface area contributed by atoms with Crippen LogP contribution in [0.15, 0.2) is 66.2 Å². The molecule has 2 aromatic heterocycles. The van der Waals surface area contributed by atoms with Gasteiger partial charge in [0, 0.05) is 22.2 Å². The molecule has 1 amide bonds. The van der Waals surface area contributed by atoms with Gasteiger partial charge in [-0.1, -0.05) is 18.2 Å². The molecule has 0 saturated heterocycles. The maximum atomic E-state index is 12.4. The number of aryl methyl sites for hydroxylation is 3. The number of nitrogens with zero attached hydrogens (tertiary/aromatic N) is 2. The number of hydrogen-bond donors (Lipinski definition) is 1. The number of anilines is 1. The van der Waals surface area contributed by atoms with E-state index in [0.717, 1.165) is 33.8 Å². The molecular weight excluding hydrogens is 394 g/mol. The summed E-state index contributed by atoms with van der Waals surface area (Å²) in [7, 11) is 0. The lowest BCUT2D eigenvalue weighted by Gasteiger charge is -2.12. The third-order valence-electron chi connectivity index (χ3n) is 4.64. The monoisotopic (exact) mass is 415 g/mol. The van der Waals surface area contributed by atoms with Crippen LogP contribution in [0, 0.1) is 20.8 Å². The van der Waals surface area contributed by atoms with Crippen LogP contribution in [0.2, 0.25) is 0 Å². The van der Waals surface area contributed by atoms with Crippen molar-refractivity contribution in [3.05, 3.63) is 88.6 Å². The smallest absolute Gasteiger partial charge is 0.257 e. The molecule has 0 atom stereocenters. The zero-order valence-corrected chi connectivity index (χ0v) is 17.8. The van der Waals surface area contributed by atoms with Gasteiger partial charge in [0.05, 0.1) is 11.9 Å². The molecule has 2 heterocycles. The van der Waals surface area contributed by atoms with E-state index in [9.17, 15) is 4.79 Å². The number of amides is 1. The Bertz CT molecular complexity index is 1160. The molecule has 150 valence electrons. The summed E-state index contributed by atoms with van der Waals surface area (Å²) in [4.78, 5) is 21.3. The van der Waals surface area contributed by atoms with Crippen LogP contribution in [0.25, 0.3) is 11.3 Å². The molecule has 0 aliphatic heterocycles. The third kappa shape index (κ3) is 4.39. The van der Waals surface area contributed by atoms with Crippen LogP contribution in [0.1, 0.15) is 27.2 Å². The van der Waals surface area contributed by atoms with E-state index in [2.05, 4.69) is 15.3 Å². The Balaban J connectivity index is 1.54. The Morgan fingerprint density at radius 2 is 1.70 bits per heavy atom. The number of nitrogens with one attached hydrogen (secondary N) is 1. The van der Waals surface area contributed by atoms with Crippen molar-refractivity contribution >= 4 is 22.4 Å². The van der Waals surface area contributed by atoms with E-state index >= 15 is 0 Å². The Morgan fingerprint density at radius 1 is 0.967 bits per heavy atom. The average molecular weight is 416 g/mol. The standard InChI is InChI=1S/C24H21N3O2S/c1-15-11-20(29-19-10-9-17(3)25-13-19)12-16(2)22(15)21-14-30-24(26-21)27-23(28)18-7-5-4-6-8-18/h4-14H,1-3H3,(H,26,27,28). The summed E-state index contributed by atoms with van der Waals surface area (Å²) < 4.78 is 5.96. The van der Waals surface area contributed by atoms with E-state index in [1.165, 1.54) is 11.3 Å². The molecule has 0 aliphatic rings. The van der Waals surface area contributed by atoms with Crippen molar-refractivity contribution in [1.82, 2.24) is 9.97 Å². The molecule has 0 fully saturated rings. The van der Waals surface area contributed by atoms with Crippen LogP contribution < -0.4 is 10.1 Å². The highest BCUT2D eigenvalue weighted by atomic mass is 32.1. The first kappa shape index (κ1) is 19.8. The van der Waals surface area contributed by atoms with Crippen LogP contribution >= 0.6 is 11.3 Å². The molecule has 0 aliphatic carbocycles. The number of carbonyl (C=O) groups excluding carboxylic acids is 1. The van der Waals surface area contributed by atoms with Gasteiger partial charge in [0.15, 0.2) is 5.13 Å². The Hall–Kier alpha value is -3.51. The number of rotatable bonds is 5. The SMILES string of the molecule is Cc1ccc(Oc2cc(C)c(-c3csc(NC(=O)c4ccccc4)n3)c(C)c2)cn1. The highest BCUT2D eigenvalue weighted by Crippen LogP contribution is 2.34. The van der Waals surface area contributed by atoms with Gasteiger partial charge >= 0.3 is 0 Å². The van der Waals surface area contributed by atoms with Crippen LogP contribution in [-0.2, 0) is 0 Å². The zero-order chi connectivity index (χ0) is 21.1. The van der Waals surface area contributed by atoms with Crippen molar-refractivity contribution in [2.75, 3.05) is 5.32 Å². The van der Waals surface area contributed by atoms with Crippen molar-refractivity contribution in [1.29, 1.82) is 0 Å². The summed E-state index contributed by atoms with van der Waals surface area (Å²) in [6, 6.07) is 16.9. The normalized spacial score (nSPS) is 10.6. The van der Waals surface area contributed by atoms with Crippen LogP contribution in [0.3, 0.4) is 0 Å². The lowest BCUT2D eigenvalue weighted by Crippen LogP contribution is -2.11. The number of hydrogen-bond acceptors (Lipinski definition) is 5. The van der Waals surface area contributed by atoms with Gasteiger partial charge in [0.1, 0.15) is 11.5 Å². The molecule has 0 unspecified atom stereocenters. The second kappa shape index (κ2) is 8.47. The predicted octanol–water partition coefficient (Wildman–Crippen LogP) is 6.17. The van der Waals surface area contributed by atoms with Crippen molar-refractivity contribution in [3.8, 4) is 22.8 Å². The number of carbonyl (C=O) groups is 1. The summed E-state index contributed by atoms with van der Waals surface area (Å²) >= 11 is 1.41. The second-order valence-electron chi connectivity index (χ2n) is 7.03. The molecule has 30 heavy (non-hydrogen) atoms. The second-order valence-corrected chi connectivity index (χ2v) is 7.89. The van der Waals surface area contributed by atoms with Gasteiger partial charge in [-0.25, -0.2) is 4.98 Å². The number of pyridine rings is 1. The minimum absolute atomic E-state index is 0.166. The summed E-state index contributed by atoms with van der Waals surface area (Å²) in [6.45, 7) is 6.01. The maximum absolute atomic E-state index is 12.4. The molecule has 4 aromatic rings. The fourth-order valence-corrected chi connectivity index (χ4v) is 3.94. The lowest BCUT2D eigenvalue weighted by molar-refractivity contribution is 0.102. The van der Waals surface area contributed by atoms with Gasteiger partial charge in [-0.3, -0.25) is 15.1 Å². The van der Waals surface area contributed by atoms with Crippen molar-refractivity contribution in [3.63, 3.8) is 0 Å². The minimum Gasteiger partial charge on any atom is -0.456 e. The molecule has 0 spiro atoms. The first-order valence-electron chi connectivity index (χ1n) is 9.53. The van der Waals surface area contributed by atoms with Gasteiger partial charge in [0.2, 0.25) is 0 Å². The van der Waals surface area contributed by atoms with Crippen LogP contribution in [0.4, 0.5) is 5.13 Å². The first-order valence-corrected chi connectivity index (χ1v) is 10.4. The minimum atomic E-state index is -0.166. The van der Waals surface area contributed by atoms with E-state index in [0.29, 0.717) is 16.4 Å². The van der Waals surface area contributed by atoms with Gasteiger partial charge in [-0.15, -0.1) is 11.3 Å². The van der Waals surface area contributed by atoms with Crippen molar-refractivity contribution < 1.29 is 9.53 Å². The van der Waals surface area contributed by atoms with Gasteiger partial charge in [-0.2, -0.15) is 0 Å². The summed E-state index contributed by atoms with van der Waals surface area (Å²) in [5.74, 6) is 1.29. The van der Waals surface area contributed by atoms with Gasteiger partial charge in [0.25, 0.3) is 5.91 Å². The van der Waals surface area contributed by atoms with Crippen LogP contribution in [-0.4, -0.2) is 15.9 Å². The largest absolute Gasteiger partial charge is 0.456 e. The Labute approximate surface area is 179 Å². The predicted molar refractivity (Wildman–Crippen MR) is 120 cm³/mol. The molecule has 0 radical (unpaired) electrons. The number of thiazole rings is 1. The Kier molecular flexibility index (Phi) is 5.59. The fourth-order valence-electron chi connectivity index (χ4n) is 3.24. The quantitative estimate of drug-likeness (QED) is 0.423. The number of aromatic nitrogens is 2. The fraction of sp³-hybridized carbons (Fsp3) is 0.125. The van der Waals surface area contributed by atoms with Crippen LogP contribution in [0.5, 0.6) is 11.5 Å². The molecule has 0 bridgehead atoms. The van der Waals surface area contributed by atoms with E-state index in [1.807, 2.05) is 68.6 Å². The highest BCUT2D eigenvalue weighted by molar-refractivity contribution is 7.14. The third-order valence-corrected chi connectivity index (χ3v) is 5.40. The molecule has 6 heteroatoms. The zero-order valence-electron chi connectivity index (χ0n) is 17.0. The maximum Gasteiger partial charge on any atom is 0.257 e. The molecular formula is C24H21N3O2S. The van der Waals surface area contributed by atoms with Gasteiger partial charge < -0.3 is 4.74 Å². The first-order chi connectivity index (χ1) is 14.5. The molecule has 4 rings (SSSR count). The van der Waals surface area contributed by atoms with E-state index in [-0.39, 0.29) is 5.91 Å². The van der Waals surface area contributed by atoms with Crippen molar-refractivity contribution in [2.24, 2.45) is 0 Å². The van der Waals surface area contributed by atoms with E-state index in [1.54, 1.807) is 18.3 Å². The van der Waals surface area contributed by atoms with E-state index in [4.69, 9.17) is 4.74 Å². The molecule has 1 N–H and O–H groups in total. The average Bonchev–Trinajstić information content (AvgIpc) is 3.18. The summed E-state index contributed by atoms with van der Waals surface area (Å²) in [5, 5.41) is 5.40. The summed E-state index contributed by atoms with van der Waals surface area (Å²) in [6.07, 6.45) is 1.72.